The Morgan fingerprint density at radius 3 is 2.74 bits per heavy atom. The lowest BCUT2D eigenvalue weighted by Crippen LogP contribution is -2.21. The largest absolute Gasteiger partial charge is 0.308 e. The van der Waals surface area contributed by atoms with Gasteiger partial charge in [-0.3, -0.25) is 4.68 Å². The van der Waals surface area contributed by atoms with Gasteiger partial charge in [0.15, 0.2) is 0 Å². The van der Waals surface area contributed by atoms with E-state index in [9.17, 15) is 4.39 Å². The maximum atomic E-state index is 14.0. The zero-order valence-corrected chi connectivity index (χ0v) is 12.8. The van der Waals surface area contributed by atoms with Crippen molar-refractivity contribution in [3.63, 3.8) is 0 Å². The number of rotatable bonds is 4. The van der Waals surface area contributed by atoms with E-state index in [1.54, 1.807) is 16.8 Å². The minimum atomic E-state index is -0.221. The van der Waals surface area contributed by atoms with Crippen molar-refractivity contribution in [2.75, 3.05) is 7.05 Å². The molecule has 0 aliphatic rings. The van der Waals surface area contributed by atoms with E-state index >= 15 is 0 Å². The highest BCUT2D eigenvalue weighted by Crippen LogP contribution is 2.27. The van der Waals surface area contributed by atoms with Crippen LogP contribution < -0.4 is 5.32 Å². The van der Waals surface area contributed by atoms with Crippen molar-refractivity contribution in [1.82, 2.24) is 15.1 Å². The van der Waals surface area contributed by atoms with Crippen molar-refractivity contribution < 1.29 is 4.39 Å². The summed E-state index contributed by atoms with van der Waals surface area (Å²) in [5, 5.41) is 7.58. The highest BCUT2D eigenvalue weighted by molar-refractivity contribution is 9.10. The van der Waals surface area contributed by atoms with Crippen molar-refractivity contribution in [3.05, 3.63) is 51.5 Å². The second kappa shape index (κ2) is 5.84. The topological polar surface area (TPSA) is 29.9 Å². The molecule has 1 aromatic heterocycles. The molecule has 2 aromatic rings. The lowest BCUT2D eigenvalue weighted by molar-refractivity contribution is 0.551. The smallest absolute Gasteiger partial charge is 0.128 e. The number of nitrogens with one attached hydrogen (secondary N) is 1. The fourth-order valence-electron chi connectivity index (χ4n) is 2.18. The van der Waals surface area contributed by atoms with Crippen LogP contribution in [-0.2, 0) is 13.5 Å². The second-order valence-electron chi connectivity index (χ2n) is 4.43. The Balaban J connectivity index is 2.49. The van der Waals surface area contributed by atoms with Gasteiger partial charge in [-0.1, -0.05) is 22.9 Å². The molecule has 1 heterocycles. The normalized spacial score (nSPS) is 12.7. The van der Waals surface area contributed by atoms with Gasteiger partial charge in [-0.25, -0.2) is 4.39 Å². The van der Waals surface area contributed by atoms with E-state index in [0.717, 1.165) is 22.3 Å². The summed E-state index contributed by atoms with van der Waals surface area (Å²) in [4.78, 5) is 0. The second-order valence-corrected chi connectivity index (χ2v) is 5.34. The summed E-state index contributed by atoms with van der Waals surface area (Å²) < 4.78 is 16.7. The van der Waals surface area contributed by atoms with Gasteiger partial charge in [0.25, 0.3) is 0 Å². The first-order valence-electron chi connectivity index (χ1n) is 6.21. The molecule has 0 aliphatic heterocycles. The van der Waals surface area contributed by atoms with Gasteiger partial charge in [0, 0.05) is 17.1 Å². The lowest BCUT2D eigenvalue weighted by atomic mass is 10.0. The number of hydrogen-bond donors (Lipinski definition) is 1. The molecule has 0 bridgehead atoms. The first-order valence-corrected chi connectivity index (χ1v) is 7.01. The van der Waals surface area contributed by atoms with Crippen LogP contribution in [0.15, 0.2) is 28.7 Å². The Morgan fingerprint density at radius 2 is 2.16 bits per heavy atom. The Hall–Kier alpha value is -1.20. The van der Waals surface area contributed by atoms with Crippen LogP contribution in [0.5, 0.6) is 0 Å². The van der Waals surface area contributed by atoms with Gasteiger partial charge in [-0.05, 0) is 37.7 Å². The average molecular weight is 326 g/mol. The Bertz CT molecular complexity index is 580. The summed E-state index contributed by atoms with van der Waals surface area (Å²) in [5.74, 6) is -0.221. The monoisotopic (exact) mass is 325 g/mol. The maximum absolute atomic E-state index is 14.0. The standard InChI is InChI=1S/C14H17BrFN3/c1-4-10-8-13(19(3)18-10)14(17-2)11-7-9(15)5-6-12(11)16/h5-8,14,17H,4H2,1-3H3. The predicted octanol–water partition coefficient (Wildman–Crippen LogP) is 3.19. The molecule has 0 saturated carbocycles. The number of aromatic nitrogens is 2. The molecule has 0 spiro atoms. The van der Waals surface area contributed by atoms with Crippen LogP contribution in [0.4, 0.5) is 4.39 Å². The third-order valence-corrected chi connectivity index (χ3v) is 3.68. The summed E-state index contributed by atoms with van der Waals surface area (Å²) in [7, 11) is 3.71. The minimum Gasteiger partial charge on any atom is -0.308 e. The molecule has 0 saturated heterocycles. The summed E-state index contributed by atoms with van der Waals surface area (Å²) in [6.45, 7) is 2.06. The van der Waals surface area contributed by atoms with Gasteiger partial charge in [-0.2, -0.15) is 5.10 Å². The van der Waals surface area contributed by atoms with Crippen molar-refractivity contribution >= 4 is 15.9 Å². The molecule has 0 radical (unpaired) electrons. The van der Waals surface area contributed by atoms with Crippen LogP contribution in [0.2, 0.25) is 0 Å². The van der Waals surface area contributed by atoms with Crippen LogP contribution in [0.25, 0.3) is 0 Å². The molecule has 3 nitrogen and oxygen atoms in total. The molecule has 1 atom stereocenters. The van der Waals surface area contributed by atoms with Crippen LogP contribution in [0, 0.1) is 5.82 Å². The summed E-state index contributed by atoms with van der Waals surface area (Å²) in [6.07, 6.45) is 0.866. The molecular weight excluding hydrogens is 309 g/mol. The van der Waals surface area contributed by atoms with E-state index in [1.807, 2.05) is 20.2 Å². The SMILES string of the molecule is CCc1cc(C(NC)c2cc(Br)ccc2F)n(C)n1. The summed E-state index contributed by atoms with van der Waals surface area (Å²) >= 11 is 3.39. The molecule has 0 fully saturated rings. The molecule has 0 aliphatic carbocycles. The third kappa shape index (κ3) is 2.87. The average Bonchev–Trinajstić information content (AvgIpc) is 2.76. The highest BCUT2D eigenvalue weighted by atomic mass is 79.9. The van der Waals surface area contributed by atoms with E-state index in [-0.39, 0.29) is 11.9 Å². The van der Waals surface area contributed by atoms with Gasteiger partial charge >= 0.3 is 0 Å². The molecule has 1 unspecified atom stereocenters. The molecule has 5 heteroatoms. The predicted molar refractivity (Wildman–Crippen MR) is 77.6 cm³/mol. The Morgan fingerprint density at radius 1 is 1.42 bits per heavy atom. The number of aryl methyl sites for hydroxylation is 2. The van der Waals surface area contributed by atoms with Crippen molar-refractivity contribution in [1.29, 1.82) is 0 Å². The van der Waals surface area contributed by atoms with Crippen molar-refractivity contribution in [2.24, 2.45) is 7.05 Å². The number of hydrogen-bond acceptors (Lipinski definition) is 2. The van der Waals surface area contributed by atoms with Gasteiger partial charge in [0.1, 0.15) is 5.82 Å². The zero-order chi connectivity index (χ0) is 14.0. The van der Waals surface area contributed by atoms with Gasteiger partial charge in [0.05, 0.1) is 17.4 Å². The van der Waals surface area contributed by atoms with Crippen molar-refractivity contribution in [3.8, 4) is 0 Å². The van der Waals surface area contributed by atoms with Crippen LogP contribution in [0.3, 0.4) is 0 Å². The highest BCUT2D eigenvalue weighted by Gasteiger charge is 2.20. The Labute approximate surface area is 121 Å². The third-order valence-electron chi connectivity index (χ3n) is 3.18. The molecule has 0 amide bonds. The van der Waals surface area contributed by atoms with E-state index < -0.39 is 0 Å². The van der Waals surface area contributed by atoms with Gasteiger partial charge in [0.2, 0.25) is 0 Å². The van der Waals surface area contributed by atoms with E-state index in [2.05, 4.69) is 33.3 Å². The van der Waals surface area contributed by atoms with Crippen molar-refractivity contribution in [2.45, 2.75) is 19.4 Å². The first kappa shape index (κ1) is 14.2. The molecule has 19 heavy (non-hydrogen) atoms. The van der Waals surface area contributed by atoms with E-state index in [1.165, 1.54) is 6.07 Å². The molecule has 2 rings (SSSR count). The van der Waals surface area contributed by atoms with Crippen LogP contribution in [0.1, 0.15) is 29.9 Å². The quantitative estimate of drug-likeness (QED) is 0.935. The maximum Gasteiger partial charge on any atom is 0.128 e. The van der Waals surface area contributed by atoms with Gasteiger partial charge in [-0.15, -0.1) is 0 Å². The zero-order valence-electron chi connectivity index (χ0n) is 11.2. The van der Waals surface area contributed by atoms with Gasteiger partial charge < -0.3 is 5.32 Å². The fraction of sp³-hybridized carbons (Fsp3) is 0.357. The lowest BCUT2D eigenvalue weighted by Gasteiger charge is -2.18. The minimum absolute atomic E-state index is 0.213. The first-order chi connectivity index (χ1) is 9.06. The Kier molecular flexibility index (Phi) is 4.37. The number of benzene rings is 1. The summed E-state index contributed by atoms with van der Waals surface area (Å²) in [5.41, 5.74) is 2.58. The molecule has 1 aromatic carbocycles. The summed E-state index contributed by atoms with van der Waals surface area (Å²) in [6, 6.07) is 6.78. The van der Waals surface area contributed by atoms with Crippen LogP contribution in [-0.4, -0.2) is 16.8 Å². The van der Waals surface area contributed by atoms with Crippen LogP contribution >= 0.6 is 15.9 Å². The molecule has 102 valence electrons. The molecular formula is C14H17BrFN3. The number of nitrogens with zero attached hydrogens (tertiary/aromatic N) is 2. The van der Waals surface area contributed by atoms with E-state index in [0.29, 0.717) is 5.56 Å². The molecule has 1 N–H and O–H groups in total. The fourth-order valence-corrected chi connectivity index (χ4v) is 2.56. The number of halogens is 2. The van der Waals surface area contributed by atoms with E-state index in [4.69, 9.17) is 0 Å².